The maximum absolute atomic E-state index is 13.1. The minimum Gasteiger partial charge on any atom is -0.508 e. The van der Waals surface area contributed by atoms with E-state index in [1.54, 1.807) is 30.3 Å². The van der Waals surface area contributed by atoms with Gasteiger partial charge in [0.2, 0.25) is 5.82 Å². The van der Waals surface area contributed by atoms with Crippen molar-refractivity contribution in [2.24, 2.45) is 0 Å². The van der Waals surface area contributed by atoms with Crippen LogP contribution in [0.15, 0.2) is 48.5 Å². The Morgan fingerprint density at radius 3 is 2.43 bits per heavy atom. The number of aromatic hydroxyl groups is 1. The van der Waals surface area contributed by atoms with E-state index in [0.717, 1.165) is 4.57 Å². The van der Waals surface area contributed by atoms with Crippen LogP contribution in [-0.2, 0) is 12.7 Å². The van der Waals surface area contributed by atoms with E-state index in [-0.39, 0.29) is 17.8 Å². The Labute approximate surface area is 130 Å². The molecule has 0 fully saturated rings. The van der Waals surface area contributed by atoms with Crippen LogP contribution in [0, 0.1) is 11.8 Å². The quantitative estimate of drug-likeness (QED) is 0.693. The zero-order valence-corrected chi connectivity index (χ0v) is 11.8. The van der Waals surface area contributed by atoms with Gasteiger partial charge in [0.1, 0.15) is 5.75 Å². The smallest absolute Gasteiger partial charge is 0.449 e. The van der Waals surface area contributed by atoms with Gasteiger partial charge in [-0.2, -0.15) is 13.2 Å². The maximum atomic E-state index is 13.1. The van der Waals surface area contributed by atoms with E-state index in [9.17, 15) is 18.3 Å². The Kier molecular flexibility index (Phi) is 3.70. The van der Waals surface area contributed by atoms with Crippen molar-refractivity contribution >= 4 is 11.0 Å². The largest absolute Gasteiger partial charge is 0.508 e. The molecule has 3 rings (SSSR count). The summed E-state index contributed by atoms with van der Waals surface area (Å²) in [6, 6.07) is 12.6. The molecule has 0 spiro atoms. The van der Waals surface area contributed by atoms with Crippen molar-refractivity contribution in [2.75, 3.05) is 0 Å². The number of phenolic OH excluding ortho intramolecular Hbond substituents is 1. The standard InChI is InChI=1S/C17H11F3N2O/c18-17(19,20)16-21-14-5-1-2-6-15(14)22(16)11-3-4-12-7-9-13(23)10-8-12/h1-2,5-10,23H,11H2. The van der Waals surface area contributed by atoms with Gasteiger partial charge in [-0.25, -0.2) is 4.98 Å². The lowest BCUT2D eigenvalue weighted by Gasteiger charge is -2.08. The van der Waals surface area contributed by atoms with Crippen molar-refractivity contribution in [1.29, 1.82) is 0 Å². The van der Waals surface area contributed by atoms with Crippen molar-refractivity contribution in [3.63, 3.8) is 0 Å². The summed E-state index contributed by atoms with van der Waals surface area (Å²) in [6.07, 6.45) is -4.54. The topological polar surface area (TPSA) is 38.0 Å². The average Bonchev–Trinajstić information content (AvgIpc) is 2.89. The van der Waals surface area contributed by atoms with Crippen molar-refractivity contribution in [3.05, 3.63) is 59.9 Å². The number of fused-ring (bicyclic) bond motifs is 1. The molecule has 1 aromatic heterocycles. The first-order chi connectivity index (χ1) is 10.9. The first kappa shape index (κ1) is 15.0. The molecule has 0 bridgehead atoms. The second-order valence-corrected chi connectivity index (χ2v) is 4.86. The summed E-state index contributed by atoms with van der Waals surface area (Å²) in [5.41, 5.74) is 1.28. The third-order valence-electron chi connectivity index (χ3n) is 3.25. The summed E-state index contributed by atoms with van der Waals surface area (Å²) in [5, 5.41) is 9.19. The Balaban J connectivity index is 1.98. The number of hydrogen-bond donors (Lipinski definition) is 1. The highest BCUT2D eigenvalue weighted by Crippen LogP contribution is 2.31. The molecule has 0 saturated heterocycles. The fourth-order valence-corrected chi connectivity index (χ4v) is 2.22. The molecule has 2 aromatic carbocycles. The van der Waals surface area contributed by atoms with Crippen LogP contribution in [-0.4, -0.2) is 14.7 Å². The third-order valence-corrected chi connectivity index (χ3v) is 3.25. The van der Waals surface area contributed by atoms with Crippen LogP contribution in [0.4, 0.5) is 13.2 Å². The normalized spacial score (nSPS) is 11.3. The highest BCUT2D eigenvalue weighted by Gasteiger charge is 2.37. The van der Waals surface area contributed by atoms with Gasteiger partial charge in [-0.15, -0.1) is 0 Å². The van der Waals surface area contributed by atoms with Crippen molar-refractivity contribution in [2.45, 2.75) is 12.7 Å². The zero-order valence-electron chi connectivity index (χ0n) is 11.8. The molecule has 23 heavy (non-hydrogen) atoms. The summed E-state index contributed by atoms with van der Waals surface area (Å²) < 4.78 is 40.4. The van der Waals surface area contributed by atoms with Crippen molar-refractivity contribution in [3.8, 4) is 17.6 Å². The van der Waals surface area contributed by atoms with Gasteiger partial charge in [0.15, 0.2) is 0 Å². The number of aromatic nitrogens is 2. The fourth-order valence-electron chi connectivity index (χ4n) is 2.22. The number of benzene rings is 2. The first-order valence-electron chi connectivity index (χ1n) is 6.75. The number of alkyl halides is 3. The number of para-hydroxylation sites is 2. The van der Waals surface area contributed by atoms with E-state index in [1.807, 2.05) is 0 Å². The van der Waals surface area contributed by atoms with Crippen LogP contribution in [0.2, 0.25) is 0 Å². The Hall–Kier alpha value is -2.94. The van der Waals surface area contributed by atoms with Crippen LogP contribution in [0.25, 0.3) is 11.0 Å². The van der Waals surface area contributed by atoms with Gasteiger partial charge in [-0.05, 0) is 36.4 Å². The molecule has 1 N–H and O–H groups in total. The molecule has 0 radical (unpaired) electrons. The van der Waals surface area contributed by atoms with Gasteiger partial charge in [0.05, 0.1) is 17.6 Å². The van der Waals surface area contributed by atoms with Crippen LogP contribution in [0.1, 0.15) is 11.4 Å². The van der Waals surface area contributed by atoms with Gasteiger partial charge in [0, 0.05) is 5.56 Å². The Morgan fingerprint density at radius 2 is 1.74 bits per heavy atom. The molecule has 6 heteroatoms. The molecule has 3 aromatic rings. The number of phenols is 1. The predicted molar refractivity (Wildman–Crippen MR) is 79.7 cm³/mol. The summed E-state index contributed by atoms with van der Waals surface area (Å²) in [5.74, 6) is 4.64. The van der Waals surface area contributed by atoms with Gasteiger partial charge in [0.25, 0.3) is 0 Å². The summed E-state index contributed by atoms with van der Waals surface area (Å²) in [7, 11) is 0. The second kappa shape index (κ2) is 5.69. The van der Waals surface area contributed by atoms with E-state index >= 15 is 0 Å². The lowest BCUT2D eigenvalue weighted by atomic mass is 10.2. The number of nitrogens with zero attached hydrogens (tertiary/aromatic N) is 2. The molecule has 116 valence electrons. The molecule has 0 atom stereocenters. The molecule has 0 aliphatic heterocycles. The SMILES string of the molecule is Oc1ccc(C#CCn2c(C(F)(F)F)nc3ccccc32)cc1. The van der Waals surface area contributed by atoms with Crippen molar-refractivity contribution < 1.29 is 18.3 Å². The Morgan fingerprint density at radius 1 is 1.04 bits per heavy atom. The molecule has 0 saturated carbocycles. The highest BCUT2D eigenvalue weighted by atomic mass is 19.4. The van der Waals surface area contributed by atoms with E-state index in [1.165, 1.54) is 18.2 Å². The molecule has 1 heterocycles. The van der Waals surface area contributed by atoms with Crippen LogP contribution < -0.4 is 0 Å². The van der Waals surface area contributed by atoms with Crippen molar-refractivity contribution in [1.82, 2.24) is 9.55 Å². The molecule has 3 nitrogen and oxygen atoms in total. The Bertz CT molecular complexity index is 899. The van der Waals surface area contributed by atoms with E-state index < -0.39 is 12.0 Å². The van der Waals surface area contributed by atoms with Gasteiger partial charge in [-0.3, -0.25) is 0 Å². The predicted octanol–water partition coefficient (Wildman–Crippen LogP) is 3.81. The maximum Gasteiger partial charge on any atom is 0.449 e. The molecular weight excluding hydrogens is 305 g/mol. The average molecular weight is 316 g/mol. The number of hydrogen-bond acceptors (Lipinski definition) is 2. The minimum absolute atomic E-state index is 0.107. The van der Waals surface area contributed by atoms with Gasteiger partial charge >= 0.3 is 6.18 Å². The monoisotopic (exact) mass is 316 g/mol. The lowest BCUT2D eigenvalue weighted by molar-refractivity contribution is -0.146. The summed E-state index contributed by atoms with van der Waals surface area (Å²) in [6.45, 7) is -0.129. The number of rotatable bonds is 1. The van der Waals surface area contributed by atoms with Gasteiger partial charge < -0.3 is 9.67 Å². The third kappa shape index (κ3) is 3.14. The number of imidazole rings is 1. The van der Waals surface area contributed by atoms with E-state index in [2.05, 4.69) is 16.8 Å². The molecule has 0 aliphatic carbocycles. The lowest BCUT2D eigenvalue weighted by Crippen LogP contribution is -2.14. The summed E-state index contributed by atoms with van der Waals surface area (Å²) in [4.78, 5) is 3.66. The van der Waals surface area contributed by atoms with Crippen LogP contribution >= 0.6 is 0 Å². The molecule has 0 unspecified atom stereocenters. The second-order valence-electron chi connectivity index (χ2n) is 4.86. The molecular formula is C17H11F3N2O. The van der Waals surface area contributed by atoms with E-state index in [4.69, 9.17) is 0 Å². The zero-order chi connectivity index (χ0) is 16.4. The first-order valence-corrected chi connectivity index (χ1v) is 6.75. The molecule has 0 amide bonds. The number of halogens is 3. The molecule has 0 aliphatic rings. The summed E-state index contributed by atoms with van der Waals surface area (Å²) >= 11 is 0. The van der Waals surface area contributed by atoms with E-state index in [0.29, 0.717) is 11.1 Å². The highest BCUT2D eigenvalue weighted by molar-refractivity contribution is 5.76. The van der Waals surface area contributed by atoms with Crippen LogP contribution in [0.3, 0.4) is 0 Å². The fraction of sp³-hybridized carbons (Fsp3) is 0.118. The minimum atomic E-state index is -4.54. The van der Waals surface area contributed by atoms with Gasteiger partial charge in [-0.1, -0.05) is 24.0 Å². The van der Waals surface area contributed by atoms with Crippen LogP contribution in [0.5, 0.6) is 5.75 Å².